The molecule has 1 atom stereocenters. The van der Waals surface area contributed by atoms with E-state index < -0.39 is 5.60 Å². The van der Waals surface area contributed by atoms with Crippen LogP contribution >= 0.6 is 0 Å². The molecule has 3 nitrogen and oxygen atoms in total. The number of ether oxygens (including phenoxy) is 2. The molecule has 3 heteroatoms. The lowest BCUT2D eigenvalue weighted by atomic mass is 9.79. The van der Waals surface area contributed by atoms with Crippen molar-refractivity contribution in [3.05, 3.63) is 0 Å². The highest BCUT2D eigenvalue weighted by molar-refractivity contribution is 5.85. The van der Waals surface area contributed by atoms with Crippen molar-refractivity contribution in [1.29, 1.82) is 0 Å². The van der Waals surface area contributed by atoms with E-state index in [9.17, 15) is 4.79 Å². The molecule has 0 aromatic rings. The first-order valence-electron chi connectivity index (χ1n) is 7.58. The van der Waals surface area contributed by atoms with Crippen molar-refractivity contribution in [3.63, 3.8) is 0 Å². The molecule has 104 valence electrons. The molecule has 1 aliphatic carbocycles. The second-order valence-corrected chi connectivity index (χ2v) is 5.68. The zero-order chi connectivity index (χ0) is 13.1. The Morgan fingerprint density at radius 3 is 2.50 bits per heavy atom. The standard InChI is InChI=1S/C15H26O3/c1-3-5-9-12-17-13(16)15(4-2)14(18-15)10-7-6-8-11-14/h3-12H2,1-2H3. The van der Waals surface area contributed by atoms with Crippen LogP contribution in [-0.4, -0.2) is 23.8 Å². The van der Waals surface area contributed by atoms with Crippen molar-refractivity contribution in [2.45, 2.75) is 82.8 Å². The summed E-state index contributed by atoms with van der Waals surface area (Å²) in [7, 11) is 0. The highest BCUT2D eigenvalue weighted by Gasteiger charge is 2.73. The van der Waals surface area contributed by atoms with E-state index in [2.05, 4.69) is 6.92 Å². The Morgan fingerprint density at radius 2 is 1.89 bits per heavy atom. The lowest BCUT2D eigenvalue weighted by Gasteiger charge is -2.22. The van der Waals surface area contributed by atoms with Crippen molar-refractivity contribution in [1.82, 2.24) is 0 Å². The largest absolute Gasteiger partial charge is 0.463 e. The first-order chi connectivity index (χ1) is 8.71. The molecule has 1 spiro atoms. The Hall–Kier alpha value is -0.570. The molecular formula is C15H26O3. The molecule has 2 rings (SSSR count). The molecule has 1 saturated heterocycles. The van der Waals surface area contributed by atoms with E-state index in [0.717, 1.165) is 38.5 Å². The fraction of sp³-hybridized carbons (Fsp3) is 0.933. The molecule has 1 saturated carbocycles. The number of carbonyl (C=O) groups is 1. The van der Waals surface area contributed by atoms with Gasteiger partial charge < -0.3 is 9.47 Å². The normalized spacial score (nSPS) is 29.2. The maximum absolute atomic E-state index is 12.2. The van der Waals surface area contributed by atoms with Gasteiger partial charge in [0.1, 0.15) is 5.60 Å². The molecular weight excluding hydrogens is 228 g/mol. The average Bonchev–Trinajstić information content (AvgIpc) is 3.03. The van der Waals surface area contributed by atoms with Crippen LogP contribution in [0, 0.1) is 0 Å². The molecule has 1 heterocycles. The van der Waals surface area contributed by atoms with Crippen molar-refractivity contribution in [2.24, 2.45) is 0 Å². The average molecular weight is 254 g/mol. The third kappa shape index (κ3) is 2.29. The molecule has 0 radical (unpaired) electrons. The smallest absolute Gasteiger partial charge is 0.341 e. The zero-order valence-electron chi connectivity index (χ0n) is 11.8. The third-order valence-corrected chi connectivity index (χ3v) is 4.53. The molecule has 0 aromatic heterocycles. The summed E-state index contributed by atoms with van der Waals surface area (Å²) in [6.07, 6.45) is 9.70. The molecule has 2 aliphatic rings. The first-order valence-corrected chi connectivity index (χ1v) is 7.58. The predicted octanol–water partition coefficient (Wildman–Crippen LogP) is 3.60. The number of esters is 1. The van der Waals surface area contributed by atoms with E-state index in [1.807, 2.05) is 6.92 Å². The zero-order valence-corrected chi connectivity index (χ0v) is 11.8. The molecule has 1 unspecified atom stereocenters. The van der Waals surface area contributed by atoms with Crippen LogP contribution in [0.5, 0.6) is 0 Å². The van der Waals surface area contributed by atoms with E-state index in [0.29, 0.717) is 6.61 Å². The summed E-state index contributed by atoms with van der Waals surface area (Å²) in [6.45, 7) is 4.74. The van der Waals surface area contributed by atoms with E-state index in [-0.39, 0.29) is 11.6 Å². The van der Waals surface area contributed by atoms with Gasteiger partial charge in [-0.1, -0.05) is 46.0 Å². The summed E-state index contributed by atoms with van der Waals surface area (Å²) in [4.78, 5) is 12.2. The Morgan fingerprint density at radius 1 is 1.17 bits per heavy atom. The summed E-state index contributed by atoms with van der Waals surface area (Å²) >= 11 is 0. The van der Waals surface area contributed by atoms with Gasteiger partial charge in [-0.15, -0.1) is 0 Å². The highest BCUT2D eigenvalue weighted by atomic mass is 16.7. The van der Waals surface area contributed by atoms with Crippen molar-refractivity contribution in [3.8, 4) is 0 Å². The summed E-state index contributed by atoms with van der Waals surface area (Å²) in [6, 6.07) is 0. The van der Waals surface area contributed by atoms with Crippen LogP contribution in [0.3, 0.4) is 0 Å². The second kappa shape index (κ2) is 5.60. The summed E-state index contributed by atoms with van der Waals surface area (Å²) < 4.78 is 11.4. The fourth-order valence-corrected chi connectivity index (χ4v) is 3.34. The van der Waals surface area contributed by atoms with Gasteiger partial charge in [-0.05, 0) is 25.7 Å². The molecule has 0 bridgehead atoms. The number of epoxide rings is 1. The van der Waals surface area contributed by atoms with Gasteiger partial charge in [0.15, 0.2) is 5.60 Å². The summed E-state index contributed by atoms with van der Waals surface area (Å²) in [5.74, 6) is -0.108. The molecule has 0 amide bonds. The van der Waals surface area contributed by atoms with Crippen LogP contribution in [0.1, 0.15) is 71.6 Å². The van der Waals surface area contributed by atoms with Crippen LogP contribution in [0.25, 0.3) is 0 Å². The van der Waals surface area contributed by atoms with Crippen LogP contribution < -0.4 is 0 Å². The third-order valence-electron chi connectivity index (χ3n) is 4.53. The summed E-state index contributed by atoms with van der Waals surface area (Å²) in [5, 5.41) is 0. The van der Waals surface area contributed by atoms with Crippen molar-refractivity contribution in [2.75, 3.05) is 6.61 Å². The van der Waals surface area contributed by atoms with Crippen molar-refractivity contribution >= 4 is 5.97 Å². The maximum atomic E-state index is 12.2. The van der Waals surface area contributed by atoms with Gasteiger partial charge in [0.05, 0.1) is 6.61 Å². The summed E-state index contributed by atoms with van der Waals surface area (Å²) in [5.41, 5.74) is -0.762. The lowest BCUT2D eigenvalue weighted by Crippen LogP contribution is -2.36. The van der Waals surface area contributed by atoms with Crippen LogP contribution in [-0.2, 0) is 14.3 Å². The minimum Gasteiger partial charge on any atom is -0.463 e. The molecule has 0 aromatic carbocycles. The van der Waals surface area contributed by atoms with Crippen molar-refractivity contribution < 1.29 is 14.3 Å². The number of carbonyl (C=O) groups excluding carboxylic acids is 1. The van der Waals surface area contributed by atoms with Gasteiger partial charge in [0.25, 0.3) is 0 Å². The Labute approximate surface area is 110 Å². The molecule has 0 N–H and O–H groups in total. The predicted molar refractivity (Wildman–Crippen MR) is 70.4 cm³/mol. The lowest BCUT2D eigenvalue weighted by molar-refractivity contribution is -0.150. The highest BCUT2D eigenvalue weighted by Crippen LogP contribution is 2.58. The van der Waals surface area contributed by atoms with E-state index in [4.69, 9.17) is 9.47 Å². The van der Waals surface area contributed by atoms with E-state index >= 15 is 0 Å². The van der Waals surface area contributed by atoms with Gasteiger partial charge in [-0.3, -0.25) is 0 Å². The SMILES string of the molecule is CCCCCOC(=O)C1(CC)OC12CCCCC2. The quantitative estimate of drug-likeness (QED) is 0.413. The number of hydrogen-bond acceptors (Lipinski definition) is 3. The molecule has 2 fully saturated rings. The van der Waals surface area contributed by atoms with Gasteiger partial charge >= 0.3 is 5.97 Å². The minimum atomic E-state index is -0.598. The Bertz CT molecular complexity index is 294. The molecule has 18 heavy (non-hydrogen) atoms. The van der Waals surface area contributed by atoms with Crippen LogP contribution in [0.2, 0.25) is 0 Å². The molecule has 1 aliphatic heterocycles. The van der Waals surface area contributed by atoms with E-state index in [1.54, 1.807) is 0 Å². The van der Waals surface area contributed by atoms with Gasteiger partial charge in [-0.2, -0.15) is 0 Å². The number of hydrogen-bond donors (Lipinski definition) is 0. The van der Waals surface area contributed by atoms with Crippen LogP contribution in [0.4, 0.5) is 0 Å². The minimum absolute atomic E-state index is 0.108. The Balaban J connectivity index is 1.87. The Kier molecular flexibility index (Phi) is 4.31. The van der Waals surface area contributed by atoms with Crippen LogP contribution in [0.15, 0.2) is 0 Å². The van der Waals surface area contributed by atoms with E-state index in [1.165, 1.54) is 19.3 Å². The van der Waals surface area contributed by atoms with Gasteiger partial charge in [-0.25, -0.2) is 4.79 Å². The first kappa shape index (κ1) is 13.9. The maximum Gasteiger partial charge on any atom is 0.341 e. The number of rotatable bonds is 6. The second-order valence-electron chi connectivity index (χ2n) is 5.68. The van der Waals surface area contributed by atoms with Gasteiger partial charge in [0, 0.05) is 0 Å². The van der Waals surface area contributed by atoms with Gasteiger partial charge in [0.2, 0.25) is 0 Å². The topological polar surface area (TPSA) is 38.8 Å². The number of unbranched alkanes of at least 4 members (excludes halogenated alkanes) is 2. The monoisotopic (exact) mass is 254 g/mol. The fourth-order valence-electron chi connectivity index (χ4n) is 3.34.